The number of halogens is 3. The van der Waals surface area contributed by atoms with Gasteiger partial charge in [0.05, 0.1) is 12.6 Å². The number of carbonyl (C=O) groups excluding carboxylic acids is 1. The lowest BCUT2D eigenvalue weighted by atomic mass is 10.0. The Balaban J connectivity index is 1.98. The summed E-state index contributed by atoms with van der Waals surface area (Å²) < 4.78 is 37.9. The summed E-state index contributed by atoms with van der Waals surface area (Å²) in [4.78, 5) is 13.1. The SMILES string of the molecule is O=C(C1CCCCN1)N1CCC(O)(C(F)(F)F)C1. The molecule has 4 nitrogen and oxygen atoms in total. The standard InChI is InChI=1S/C11H17F3N2O2/c12-11(13,14)10(18)4-6-16(7-10)9(17)8-3-1-2-5-15-8/h8,15,18H,1-7H2. The van der Waals surface area contributed by atoms with Crippen LogP contribution in [0.4, 0.5) is 13.2 Å². The molecule has 0 aromatic heterocycles. The van der Waals surface area contributed by atoms with Crippen molar-refractivity contribution >= 4 is 5.91 Å². The van der Waals surface area contributed by atoms with Crippen LogP contribution >= 0.6 is 0 Å². The lowest BCUT2D eigenvalue weighted by Crippen LogP contribution is -2.51. The summed E-state index contributed by atoms with van der Waals surface area (Å²) in [6.45, 7) is 0.0360. The predicted octanol–water partition coefficient (Wildman–Crippen LogP) is 0.654. The Hall–Kier alpha value is -0.820. The van der Waals surface area contributed by atoms with Crippen LogP contribution in [0.2, 0.25) is 0 Å². The molecule has 0 radical (unpaired) electrons. The van der Waals surface area contributed by atoms with Gasteiger partial charge < -0.3 is 15.3 Å². The zero-order valence-corrected chi connectivity index (χ0v) is 9.96. The van der Waals surface area contributed by atoms with Crippen molar-refractivity contribution in [3.05, 3.63) is 0 Å². The number of nitrogens with zero attached hydrogens (tertiary/aromatic N) is 1. The van der Waals surface area contributed by atoms with Gasteiger partial charge in [-0.05, 0) is 19.4 Å². The largest absolute Gasteiger partial charge is 0.419 e. The molecule has 0 saturated carbocycles. The van der Waals surface area contributed by atoms with Crippen molar-refractivity contribution < 1.29 is 23.1 Å². The second-order valence-corrected chi connectivity index (χ2v) is 5.04. The molecule has 2 N–H and O–H groups in total. The monoisotopic (exact) mass is 266 g/mol. The molecule has 0 aromatic carbocycles. The van der Waals surface area contributed by atoms with E-state index in [9.17, 15) is 23.1 Å². The molecule has 0 aliphatic carbocycles. The minimum absolute atomic E-state index is 0.0347. The van der Waals surface area contributed by atoms with E-state index in [0.717, 1.165) is 17.7 Å². The second kappa shape index (κ2) is 4.70. The van der Waals surface area contributed by atoms with Crippen molar-refractivity contribution in [2.24, 2.45) is 0 Å². The number of hydrogen-bond donors (Lipinski definition) is 2. The van der Waals surface area contributed by atoms with Gasteiger partial charge in [-0.15, -0.1) is 0 Å². The number of piperidine rings is 1. The number of aliphatic hydroxyl groups is 1. The number of alkyl halides is 3. The van der Waals surface area contributed by atoms with Crippen molar-refractivity contribution in [1.29, 1.82) is 0 Å². The second-order valence-electron chi connectivity index (χ2n) is 5.04. The molecule has 2 rings (SSSR count). The first-order valence-corrected chi connectivity index (χ1v) is 6.15. The van der Waals surface area contributed by atoms with Crippen molar-refractivity contribution in [2.75, 3.05) is 19.6 Å². The molecule has 0 aromatic rings. The van der Waals surface area contributed by atoms with E-state index in [0.29, 0.717) is 13.0 Å². The van der Waals surface area contributed by atoms with Crippen molar-refractivity contribution in [1.82, 2.24) is 10.2 Å². The molecule has 2 fully saturated rings. The quantitative estimate of drug-likeness (QED) is 0.733. The maximum absolute atomic E-state index is 12.6. The summed E-state index contributed by atoms with van der Waals surface area (Å²) in [5, 5.41) is 12.5. The van der Waals surface area contributed by atoms with Gasteiger partial charge in [-0.2, -0.15) is 13.2 Å². The van der Waals surface area contributed by atoms with Gasteiger partial charge in [0.15, 0.2) is 5.60 Å². The van der Waals surface area contributed by atoms with Gasteiger partial charge in [-0.25, -0.2) is 0 Å². The smallest absolute Gasteiger partial charge is 0.379 e. The molecule has 0 spiro atoms. The van der Waals surface area contributed by atoms with Crippen LogP contribution in [-0.4, -0.2) is 53.4 Å². The minimum atomic E-state index is -4.68. The molecule has 18 heavy (non-hydrogen) atoms. The van der Waals surface area contributed by atoms with Crippen molar-refractivity contribution in [2.45, 2.75) is 43.5 Å². The van der Waals surface area contributed by atoms with E-state index in [1.54, 1.807) is 0 Å². The average Bonchev–Trinajstić information content (AvgIpc) is 2.73. The Kier molecular flexibility index (Phi) is 3.55. The number of rotatable bonds is 1. The summed E-state index contributed by atoms with van der Waals surface area (Å²) in [6.07, 6.45) is -2.58. The minimum Gasteiger partial charge on any atom is -0.379 e. The molecule has 7 heteroatoms. The molecule has 0 bridgehead atoms. The van der Waals surface area contributed by atoms with Gasteiger partial charge in [0.25, 0.3) is 0 Å². The summed E-state index contributed by atoms with van der Waals surface area (Å²) in [5.74, 6) is -0.324. The summed E-state index contributed by atoms with van der Waals surface area (Å²) in [6, 6.07) is -0.394. The first kappa shape index (κ1) is 13.6. The first-order valence-electron chi connectivity index (χ1n) is 6.15. The molecule has 2 aliphatic heterocycles. The maximum Gasteiger partial charge on any atom is 0.419 e. The molecule has 2 saturated heterocycles. The summed E-state index contributed by atoms with van der Waals surface area (Å²) in [5.41, 5.74) is -2.74. The topological polar surface area (TPSA) is 52.6 Å². The van der Waals surface area contributed by atoms with E-state index in [4.69, 9.17) is 0 Å². The Morgan fingerprint density at radius 3 is 2.61 bits per heavy atom. The van der Waals surface area contributed by atoms with Crippen molar-refractivity contribution in [3.63, 3.8) is 0 Å². The zero-order valence-electron chi connectivity index (χ0n) is 9.96. The zero-order chi connectivity index (χ0) is 13.4. The lowest BCUT2D eigenvalue weighted by molar-refractivity contribution is -0.253. The molecule has 2 unspecified atom stereocenters. The van der Waals surface area contributed by atoms with E-state index in [2.05, 4.69) is 5.32 Å². The van der Waals surface area contributed by atoms with E-state index < -0.39 is 30.8 Å². The van der Waals surface area contributed by atoms with Crippen LogP contribution in [0.5, 0.6) is 0 Å². The van der Waals surface area contributed by atoms with E-state index in [1.165, 1.54) is 0 Å². The fourth-order valence-electron chi connectivity index (χ4n) is 2.50. The molecular weight excluding hydrogens is 249 g/mol. The van der Waals surface area contributed by atoms with Gasteiger partial charge in [-0.1, -0.05) is 6.42 Å². The summed E-state index contributed by atoms with van der Waals surface area (Å²) in [7, 11) is 0. The van der Waals surface area contributed by atoms with Crippen LogP contribution in [0.1, 0.15) is 25.7 Å². The van der Waals surface area contributed by atoms with Crippen LogP contribution < -0.4 is 5.32 Å². The highest BCUT2D eigenvalue weighted by molar-refractivity contribution is 5.82. The maximum atomic E-state index is 12.6. The number of nitrogens with one attached hydrogen (secondary N) is 1. The Morgan fingerprint density at radius 2 is 2.11 bits per heavy atom. The van der Waals surface area contributed by atoms with Crippen LogP contribution in [0.15, 0.2) is 0 Å². The first-order chi connectivity index (χ1) is 8.33. The number of hydrogen-bond acceptors (Lipinski definition) is 3. The summed E-state index contributed by atoms with van der Waals surface area (Å²) >= 11 is 0. The fourth-order valence-corrected chi connectivity index (χ4v) is 2.50. The number of likely N-dealkylation sites (tertiary alicyclic amines) is 1. The van der Waals surface area contributed by atoms with E-state index in [1.807, 2.05) is 0 Å². The van der Waals surface area contributed by atoms with E-state index >= 15 is 0 Å². The highest BCUT2D eigenvalue weighted by atomic mass is 19.4. The lowest BCUT2D eigenvalue weighted by Gasteiger charge is -2.29. The van der Waals surface area contributed by atoms with Gasteiger partial charge in [0.1, 0.15) is 0 Å². The van der Waals surface area contributed by atoms with E-state index in [-0.39, 0.29) is 12.5 Å². The molecule has 2 heterocycles. The van der Waals surface area contributed by atoms with Gasteiger partial charge in [0.2, 0.25) is 5.91 Å². The fraction of sp³-hybridized carbons (Fsp3) is 0.909. The average molecular weight is 266 g/mol. The Morgan fingerprint density at radius 1 is 1.39 bits per heavy atom. The highest BCUT2D eigenvalue weighted by Gasteiger charge is 2.58. The molecule has 1 amide bonds. The van der Waals surface area contributed by atoms with Crippen LogP contribution in [-0.2, 0) is 4.79 Å². The Labute approximate surface area is 103 Å². The molecule has 104 valence electrons. The molecular formula is C11H17F3N2O2. The molecule has 2 aliphatic rings. The predicted molar refractivity (Wildman–Crippen MR) is 57.8 cm³/mol. The van der Waals surface area contributed by atoms with Gasteiger partial charge in [0, 0.05) is 13.0 Å². The number of carbonyl (C=O) groups is 1. The highest BCUT2D eigenvalue weighted by Crippen LogP contribution is 2.37. The normalized spacial score (nSPS) is 33.8. The van der Waals surface area contributed by atoms with Crippen LogP contribution in [0.3, 0.4) is 0 Å². The van der Waals surface area contributed by atoms with Crippen LogP contribution in [0, 0.1) is 0 Å². The Bertz CT molecular complexity index is 329. The van der Waals surface area contributed by atoms with Gasteiger partial charge >= 0.3 is 6.18 Å². The van der Waals surface area contributed by atoms with Crippen molar-refractivity contribution in [3.8, 4) is 0 Å². The number of β-amino-alcohol motifs (C(OH)–C–C–N with tert-alkyl or cyclic N) is 1. The third-order valence-corrected chi connectivity index (χ3v) is 3.70. The molecule has 2 atom stereocenters. The third kappa shape index (κ3) is 2.47. The van der Waals surface area contributed by atoms with Gasteiger partial charge in [-0.3, -0.25) is 4.79 Å². The third-order valence-electron chi connectivity index (χ3n) is 3.70. The number of amides is 1. The van der Waals surface area contributed by atoms with Crippen LogP contribution in [0.25, 0.3) is 0 Å².